The SMILES string of the molecule is CC1(C)OB(c2ccccc2C=O)OC1(C)C. The Bertz CT molecular complexity index is 424. The largest absolute Gasteiger partial charge is 0.495 e. The second kappa shape index (κ2) is 3.96. The van der Waals surface area contributed by atoms with E-state index in [1.165, 1.54) is 0 Å². The minimum atomic E-state index is -0.471. The molecule has 3 nitrogen and oxygen atoms in total. The molecule has 0 amide bonds. The van der Waals surface area contributed by atoms with Gasteiger partial charge in [-0.2, -0.15) is 0 Å². The van der Waals surface area contributed by atoms with Gasteiger partial charge in [0, 0.05) is 5.56 Å². The van der Waals surface area contributed by atoms with E-state index in [-0.39, 0.29) is 11.2 Å². The summed E-state index contributed by atoms with van der Waals surface area (Å²) >= 11 is 0. The topological polar surface area (TPSA) is 35.5 Å². The maximum Gasteiger partial charge on any atom is 0.495 e. The molecular formula is C13H17BO3. The van der Waals surface area contributed by atoms with Crippen LogP contribution < -0.4 is 5.46 Å². The number of hydrogen-bond donors (Lipinski definition) is 0. The van der Waals surface area contributed by atoms with Gasteiger partial charge in [0.15, 0.2) is 0 Å². The minimum absolute atomic E-state index is 0.381. The van der Waals surface area contributed by atoms with Gasteiger partial charge in [0.2, 0.25) is 0 Å². The second-order valence-electron chi connectivity index (χ2n) is 5.34. The van der Waals surface area contributed by atoms with Crippen molar-refractivity contribution in [2.24, 2.45) is 0 Å². The molecule has 17 heavy (non-hydrogen) atoms. The first kappa shape index (κ1) is 12.3. The lowest BCUT2D eigenvalue weighted by molar-refractivity contribution is 0.00578. The quantitative estimate of drug-likeness (QED) is 0.576. The van der Waals surface area contributed by atoms with Gasteiger partial charge in [-0.3, -0.25) is 4.79 Å². The lowest BCUT2D eigenvalue weighted by Crippen LogP contribution is -2.41. The molecule has 0 N–H and O–H groups in total. The van der Waals surface area contributed by atoms with E-state index in [1.54, 1.807) is 6.07 Å². The standard InChI is InChI=1S/C13H17BO3/c1-12(2)13(3,4)17-14(16-12)11-8-6-5-7-10(11)9-15/h5-9H,1-4H3. The van der Waals surface area contributed by atoms with Gasteiger partial charge in [-0.1, -0.05) is 24.3 Å². The van der Waals surface area contributed by atoms with E-state index >= 15 is 0 Å². The molecular weight excluding hydrogens is 215 g/mol. The molecule has 0 saturated carbocycles. The highest BCUT2D eigenvalue weighted by Crippen LogP contribution is 2.36. The molecule has 1 saturated heterocycles. The van der Waals surface area contributed by atoms with Crippen LogP contribution in [0.1, 0.15) is 38.1 Å². The van der Waals surface area contributed by atoms with E-state index in [0.717, 1.165) is 11.7 Å². The van der Waals surface area contributed by atoms with Crippen LogP contribution in [0.25, 0.3) is 0 Å². The Morgan fingerprint density at radius 2 is 1.59 bits per heavy atom. The third-order valence-electron chi connectivity index (χ3n) is 3.63. The predicted molar refractivity (Wildman–Crippen MR) is 67.5 cm³/mol. The Labute approximate surface area is 102 Å². The summed E-state index contributed by atoms with van der Waals surface area (Å²) in [5.41, 5.74) is 0.647. The zero-order valence-electron chi connectivity index (χ0n) is 10.7. The highest BCUT2D eigenvalue weighted by atomic mass is 16.7. The fourth-order valence-electron chi connectivity index (χ4n) is 1.80. The molecule has 2 rings (SSSR count). The molecule has 0 aliphatic carbocycles. The van der Waals surface area contributed by atoms with Crippen molar-refractivity contribution in [1.29, 1.82) is 0 Å². The zero-order valence-corrected chi connectivity index (χ0v) is 10.7. The molecule has 0 atom stereocenters. The molecule has 0 radical (unpaired) electrons. The van der Waals surface area contributed by atoms with Crippen molar-refractivity contribution < 1.29 is 14.1 Å². The molecule has 1 aliphatic rings. The number of rotatable bonds is 2. The normalized spacial score (nSPS) is 21.5. The van der Waals surface area contributed by atoms with Gasteiger partial charge < -0.3 is 9.31 Å². The van der Waals surface area contributed by atoms with Crippen LogP contribution in [0.3, 0.4) is 0 Å². The van der Waals surface area contributed by atoms with Gasteiger partial charge in [0.1, 0.15) is 6.29 Å². The van der Waals surface area contributed by atoms with Gasteiger partial charge in [-0.05, 0) is 33.2 Å². The van der Waals surface area contributed by atoms with Crippen LogP contribution in [-0.2, 0) is 9.31 Å². The van der Waals surface area contributed by atoms with E-state index in [4.69, 9.17) is 9.31 Å². The number of hydrogen-bond acceptors (Lipinski definition) is 3. The van der Waals surface area contributed by atoms with E-state index in [1.807, 2.05) is 45.9 Å². The first-order valence-corrected chi connectivity index (χ1v) is 5.77. The van der Waals surface area contributed by atoms with Crippen LogP contribution in [0.15, 0.2) is 24.3 Å². The van der Waals surface area contributed by atoms with Gasteiger partial charge in [-0.25, -0.2) is 0 Å². The summed E-state index contributed by atoms with van der Waals surface area (Å²) in [7, 11) is -0.471. The maximum absolute atomic E-state index is 11.0. The monoisotopic (exact) mass is 232 g/mol. The van der Waals surface area contributed by atoms with Crippen molar-refractivity contribution >= 4 is 18.9 Å². The summed E-state index contributed by atoms with van der Waals surface area (Å²) in [6, 6.07) is 7.35. The molecule has 0 aromatic heterocycles. The third kappa shape index (κ3) is 2.03. The van der Waals surface area contributed by atoms with Gasteiger partial charge >= 0.3 is 7.12 Å². The Balaban J connectivity index is 2.35. The predicted octanol–water partition coefficient (Wildman–Crippen LogP) is 1.80. The lowest BCUT2D eigenvalue weighted by atomic mass is 9.76. The van der Waals surface area contributed by atoms with Crippen molar-refractivity contribution in [3.05, 3.63) is 29.8 Å². The molecule has 0 unspecified atom stereocenters. The molecule has 1 aliphatic heterocycles. The molecule has 1 aromatic rings. The van der Waals surface area contributed by atoms with E-state index < -0.39 is 7.12 Å². The Kier molecular flexibility index (Phi) is 2.88. The second-order valence-corrected chi connectivity index (χ2v) is 5.34. The van der Waals surface area contributed by atoms with E-state index in [2.05, 4.69) is 0 Å². The van der Waals surface area contributed by atoms with Crippen LogP contribution in [0, 0.1) is 0 Å². The highest BCUT2D eigenvalue weighted by molar-refractivity contribution is 6.63. The van der Waals surface area contributed by atoms with Crippen LogP contribution in [0.4, 0.5) is 0 Å². The molecule has 1 aromatic carbocycles. The van der Waals surface area contributed by atoms with E-state index in [9.17, 15) is 4.79 Å². The molecule has 1 fully saturated rings. The molecule has 90 valence electrons. The maximum atomic E-state index is 11.0. The Morgan fingerprint density at radius 1 is 1.06 bits per heavy atom. The smallest absolute Gasteiger partial charge is 0.399 e. The van der Waals surface area contributed by atoms with Crippen molar-refractivity contribution in [2.45, 2.75) is 38.9 Å². The minimum Gasteiger partial charge on any atom is -0.399 e. The first-order chi connectivity index (χ1) is 7.87. The lowest BCUT2D eigenvalue weighted by Gasteiger charge is -2.32. The molecule has 0 spiro atoms. The van der Waals surface area contributed by atoms with Gasteiger partial charge in [0.05, 0.1) is 11.2 Å². The zero-order chi connectivity index (χ0) is 12.7. The molecule has 4 heteroatoms. The van der Waals surface area contributed by atoms with Gasteiger partial charge in [0.25, 0.3) is 0 Å². The van der Waals surface area contributed by atoms with Crippen LogP contribution in [0.5, 0.6) is 0 Å². The number of benzene rings is 1. The first-order valence-electron chi connectivity index (χ1n) is 5.77. The number of carbonyl (C=O) groups is 1. The van der Waals surface area contributed by atoms with Crippen LogP contribution in [-0.4, -0.2) is 24.6 Å². The van der Waals surface area contributed by atoms with Crippen molar-refractivity contribution in [1.82, 2.24) is 0 Å². The number of aldehydes is 1. The third-order valence-corrected chi connectivity index (χ3v) is 3.63. The van der Waals surface area contributed by atoms with Crippen molar-refractivity contribution in [2.75, 3.05) is 0 Å². The summed E-state index contributed by atoms with van der Waals surface area (Å²) in [5.74, 6) is 0. The molecule has 0 bridgehead atoms. The summed E-state index contributed by atoms with van der Waals surface area (Å²) in [5, 5.41) is 0. The number of carbonyl (C=O) groups excluding carboxylic acids is 1. The average molecular weight is 232 g/mol. The highest BCUT2D eigenvalue weighted by Gasteiger charge is 2.52. The fraction of sp³-hybridized carbons (Fsp3) is 0.462. The van der Waals surface area contributed by atoms with Gasteiger partial charge in [-0.15, -0.1) is 0 Å². The summed E-state index contributed by atoms with van der Waals surface area (Å²) in [6.45, 7) is 7.99. The van der Waals surface area contributed by atoms with Crippen LogP contribution >= 0.6 is 0 Å². The summed E-state index contributed by atoms with van der Waals surface area (Å²) in [6.07, 6.45) is 0.834. The Hall–Kier alpha value is -1.13. The average Bonchev–Trinajstić information content (AvgIpc) is 2.48. The summed E-state index contributed by atoms with van der Waals surface area (Å²) in [4.78, 5) is 11.0. The van der Waals surface area contributed by atoms with Crippen LogP contribution in [0.2, 0.25) is 0 Å². The Morgan fingerprint density at radius 3 is 2.12 bits per heavy atom. The van der Waals surface area contributed by atoms with Crippen molar-refractivity contribution in [3.8, 4) is 0 Å². The van der Waals surface area contributed by atoms with Crippen molar-refractivity contribution in [3.63, 3.8) is 0 Å². The fourth-order valence-corrected chi connectivity index (χ4v) is 1.80. The molecule has 1 heterocycles. The van der Waals surface area contributed by atoms with E-state index in [0.29, 0.717) is 5.56 Å². The summed E-state index contributed by atoms with van der Waals surface area (Å²) < 4.78 is 11.8.